The predicted octanol–water partition coefficient (Wildman–Crippen LogP) is 2.78. The van der Waals surface area contributed by atoms with Gasteiger partial charge in [-0.3, -0.25) is 0 Å². The topological polar surface area (TPSA) is 18.5 Å². The van der Waals surface area contributed by atoms with Crippen LogP contribution in [0.4, 0.5) is 0 Å². The molecule has 0 radical (unpaired) electrons. The summed E-state index contributed by atoms with van der Waals surface area (Å²) in [6.45, 7) is 0.330. The van der Waals surface area contributed by atoms with Crippen LogP contribution < -0.4 is 9.47 Å². The Labute approximate surface area is 78.9 Å². The normalized spacial score (nSPS) is 14.1. The Balaban J connectivity index is 2.38. The van der Waals surface area contributed by atoms with Gasteiger partial charge in [0.05, 0.1) is 0 Å². The molecule has 0 spiro atoms. The Morgan fingerprint density at radius 1 is 1.25 bits per heavy atom. The van der Waals surface area contributed by atoms with Gasteiger partial charge in [-0.2, -0.15) is 0 Å². The molecule has 0 aliphatic carbocycles. The Morgan fingerprint density at radius 3 is 2.92 bits per heavy atom. The molecule has 0 bridgehead atoms. The fourth-order valence-electron chi connectivity index (χ4n) is 1.09. The molecule has 62 valence electrons. The van der Waals surface area contributed by atoms with Gasteiger partial charge in [0.1, 0.15) is 0 Å². The van der Waals surface area contributed by atoms with Crippen LogP contribution in [-0.4, -0.2) is 6.79 Å². The summed E-state index contributed by atoms with van der Waals surface area (Å²) in [4.78, 5) is 1.81. The van der Waals surface area contributed by atoms with Crippen molar-refractivity contribution in [2.24, 2.45) is 0 Å². The van der Waals surface area contributed by atoms with Gasteiger partial charge in [-0.1, -0.05) is 22.0 Å². The van der Waals surface area contributed by atoms with E-state index in [-0.39, 0.29) is 0 Å². The van der Waals surface area contributed by atoms with Gasteiger partial charge in [-0.05, 0) is 28.8 Å². The Bertz CT molecular complexity index is 320. The molecule has 1 aliphatic heterocycles. The molecule has 3 heteroatoms. The third-order valence-corrected chi connectivity index (χ3v) is 1.92. The van der Waals surface area contributed by atoms with Crippen molar-refractivity contribution in [1.82, 2.24) is 0 Å². The van der Waals surface area contributed by atoms with Gasteiger partial charge in [0.25, 0.3) is 0 Å². The minimum atomic E-state index is 0.330. The Hall–Kier alpha value is -0.960. The average Bonchev–Trinajstić information content (AvgIpc) is 2.51. The first-order valence-corrected chi connectivity index (χ1v) is 4.48. The number of hydrogen-bond donors (Lipinski definition) is 0. The lowest BCUT2D eigenvalue weighted by atomic mass is 10.2. The molecule has 1 aromatic carbocycles. The largest absolute Gasteiger partial charge is 0.454 e. The molecule has 1 heterocycles. The van der Waals surface area contributed by atoms with Gasteiger partial charge in [0.15, 0.2) is 11.5 Å². The zero-order valence-electron chi connectivity index (χ0n) is 6.29. The number of benzene rings is 1. The molecule has 2 nitrogen and oxygen atoms in total. The minimum absolute atomic E-state index is 0.330. The molecule has 0 aromatic heterocycles. The first-order chi connectivity index (χ1) is 5.90. The van der Waals surface area contributed by atoms with Crippen LogP contribution in [0.25, 0.3) is 6.08 Å². The maximum absolute atomic E-state index is 5.21. The highest BCUT2D eigenvalue weighted by Gasteiger charge is 2.11. The molecule has 0 amide bonds. The van der Waals surface area contributed by atoms with Crippen molar-refractivity contribution in [3.05, 3.63) is 28.7 Å². The monoisotopic (exact) mass is 226 g/mol. The van der Waals surface area contributed by atoms with Gasteiger partial charge >= 0.3 is 0 Å². The van der Waals surface area contributed by atoms with Crippen molar-refractivity contribution < 1.29 is 9.47 Å². The van der Waals surface area contributed by atoms with Crippen LogP contribution in [-0.2, 0) is 0 Å². The van der Waals surface area contributed by atoms with Gasteiger partial charge < -0.3 is 9.47 Å². The quantitative estimate of drug-likeness (QED) is 0.734. The summed E-state index contributed by atoms with van der Waals surface area (Å²) in [5, 5.41) is 0. The molecule has 0 atom stereocenters. The second-order valence-electron chi connectivity index (χ2n) is 2.41. The maximum Gasteiger partial charge on any atom is 0.231 e. The highest BCUT2D eigenvalue weighted by molar-refractivity contribution is 9.11. The first-order valence-electron chi connectivity index (χ1n) is 3.56. The van der Waals surface area contributed by atoms with E-state index in [1.165, 1.54) is 0 Å². The lowest BCUT2D eigenvalue weighted by Crippen LogP contribution is -1.92. The molecule has 0 fully saturated rings. The van der Waals surface area contributed by atoms with Gasteiger partial charge in [-0.25, -0.2) is 0 Å². The van der Waals surface area contributed by atoms with Crippen molar-refractivity contribution >= 4 is 22.0 Å². The van der Waals surface area contributed by atoms with Crippen LogP contribution in [0.1, 0.15) is 5.56 Å². The summed E-state index contributed by atoms with van der Waals surface area (Å²) in [6.07, 6.45) is 1.95. The van der Waals surface area contributed by atoms with Crippen molar-refractivity contribution in [3.63, 3.8) is 0 Å². The van der Waals surface area contributed by atoms with E-state index in [0.29, 0.717) is 6.79 Å². The summed E-state index contributed by atoms with van der Waals surface area (Å²) in [5.74, 6) is 1.64. The van der Waals surface area contributed by atoms with E-state index < -0.39 is 0 Å². The lowest BCUT2D eigenvalue weighted by molar-refractivity contribution is 0.174. The van der Waals surface area contributed by atoms with E-state index in [0.717, 1.165) is 17.1 Å². The fraction of sp³-hybridized carbons (Fsp3) is 0.111. The highest BCUT2D eigenvalue weighted by atomic mass is 79.9. The minimum Gasteiger partial charge on any atom is -0.454 e. The molecule has 12 heavy (non-hydrogen) atoms. The van der Waals surface area contributed by atoms with Crippen LogP contribution in [0.5, 0.6) is 11.5 Å². The molecular formula is C9H7BrO2. The summed E-state index contributed by atoms with van der Waals surface area (Å²) in [7, 11) is 0. The molecule has 0 saturated carbocycles. The van der Waals surface area contributed by atoms with E-state index in [2.05, 4.69) is 15.9 Å². The van der Waals surface area contributed by atoms with Gasteiger partial charge in [0.2, 0.25) is 6.79 Å². The third kappa shape index (κ3) is 1.32. The van der Waals surface area contributed by atoms with E-state index in [1.807, 2.05) is 29.3 Å². The van der Waals surface area contributed by atoms with E-state index in [4.69, 9.17) is 9.47 Å². The smallest absolute Gasteiger partial charge is 0.231 e. The van der Waals surface area contributed by atoms with E-state index in [1.54, 1.807) is 0 Å². The van der Waals surface area contributed by atoms with Crippen molar-refractivity contribution in [1.29, 1.82) is 0 Å². The number of ether oxygens (including phenoxy) is 2. The van der Waals surface area contributed by atoms with Gasteiger partial charge in [0, 0.05) is 0 Å². The SMILES string of the molecule is Br/C=C/c1ccc2c(c1)OCO2. The summed E-state index contributed by atoms with van der Waals surface area (Å²) >= 11 is 3.21. The lowest BCUT2D eigenvalue weighted by Gasteiger charge is -1.96. The zero-order valence-corrected chi connectivity index (χ0v) is 7.87. The Kier molecular flexibility index (Phi) is 2.04. The van der Waals surface area contributed by atoms with Gasteiger partial charge in [-0.15, -0.1) is 0 Å². The number of fused-ring (bicyclic) bond motifs is 1. The molecule has 0 N–H and O–H groups in total. The molecular weight excluding hydrogens is 220 g/mol. The molecule has 2 rings (SSSR count). The van der Waals surface area contributed by atoms with Crippen LogP contribution in [0.15, 0.2) is 23.2 Å². The molecule has 0 saturated heterocycles. The molecule has 0 unspecified atom stereocenters. The molecule has 1 aliphatic rings. The number of halogens is 1. The summed E-state index contributed by atoms with van der Waals surface area (Å²) in [6, 6.07) is 5.83. The van der Waals surface area contributed by atoms with Crippen LogP contribution in [0.3, 0.4) is 0 Å². The summed E-state index contributed by atoms with van der Waals surface area (Å²) < 4.78 is 10.4. The van der Waals surface area contributed by atoms with Crippen LogP contribution >= 0.6 is 15.9 Å². The number of rotatable bonds is 1. The van der Waals surface area contributed by atoms with E-state index in [9.17, 15) is 0 Å². The van der Waals surface area contributed by atoms with Crippen LogP contribution in [0.2, 0.25) is 0 Å². The predicted molar refractivity (Wildman–Crippen MR) is 50.5 cm³/mol. The zero-order chi connectivity index (χ0) is 8.39. The second kappa shape index (κ2) is 3.19. The standard InChI is InChI=1S/C9H7BrO2/c10-4-3-7-1-2-8-9(5-7)12-6-11-8/h1-5H,6H2/b4-3+. The Morgan fingerprint density at radius 2 is 2.08 bits per heavy atom. The maximum atomic E-state index is 5.21. The average molecular weight is 227 g/mol. The fourth-order valence-corrected chi connectivity index (χ4v) is 1.39. The van der Waals surface area contributed by atoms with Crippen molar-refractivity contribution in [2.45, 2.75) is 0 Å². The summed E-state index contributed by atoms with van der Waals surface area (Å²) in [5.41, 5.74) is 1.09. The van der Waals surface area contributed by atoms with Crippen molar-refractivity contribution in [2.75, 3.05) is 6.79 Å². The van der Waals surface area contributed by atoms with Crippen LogP contribution in [0, 0.1) is 0 Å². The number of hydrogen-bond acceptors (Lipinski definition) is 2. The highest BCUT2D eigenvalue weighted by Crippen LogP contribution is 2.32. The second-order valence-corrected chi connectivity index (χ2v) is 2.93. The third-order valence-electron chi connectivity index (χ3n) is 1.65. The first kappa shape index (κ1) is 7.68. The van der Waals surface area contributed by atoms with Crippen molar-refractivity contribution in [3.8, 4) is 11.5 Å². The molecule has 1 aromatic rings. The van der Waals surface area contributed by atoms with E-state index >= 15 is 0 Å².